The van der Waals surface area contributed by atoms with Crippen LogP contribution in [0, 0.1) is 0 Å². The van der Waals surface area contributed by atoms with Gasteiger partial charge in [-0.1, -0.05) is 6.07 Å². The minimum atomic E-state index is -0.729. The minimum Gasteiger partial charge on any atom is -0.507 e. The number of aromatic hydroxyl groups is 2. The number of ether oxygens (including phenoxy) is 1. The van der Waals surface area contributed by atoms with Crippen LogP contribution >= 0.6 is 11.8 Å². The lowest BCUT2D eigenvalue weighted by molar-refractivity contribution is 0.0475. The molecule has 0 aliphatic rings. The molecule has 0 spiro atoms. The first-order valence-electron chi connectivity index (χ1n) is 4.31. The summed E-state index contributed by atoms with van der Waals surface area (Å²) >= 11 is 1.35. The van der Waals surface area contributed by atoms with Gasteiger partial charge in [0, 0.05) is 0 Å². The fraction of sp³-hybridized carbons (Fsp3) is 0.300. The lowest BCUT2D eigenvalue weighted by Gasteiger charge is -2.11. The standard InChI is InChI=1S/C10H12O4S/c1-6(15-2)14-10(13)9-7(11)4-3-5-8(9)12/h3-6,11-12H,1-2H3. The Morgan fingerprint density at radius 2 is 1.93 bits per heavy atom. The molecule has 1 aromatic carbocycles. The molecule has 0 aromatic heterocycles. The van der Waals surface area contributed by atoms with E-state index in [-0.39, 0.29) is 22.5 Å². The second kappa shape index (κ2) is 4.93. The van der Waals surface area contributed by atoms with E-state index in [0.29, 0.717) is 0 Å². The Bertz CT molecular complexity index is 344. The second-order valence-corrected chi connectivity index (χ2v) is 4.02. The fourth-order valence-corrected chi connectivity index (χ4v) is 1.18. The van der Waals surface area contributed by atoms with Crippen LogP contribution in [0.2, 0.25) is 0 Å². The Balaban J connectivity index is 2.91. The van der Waals surface area contributed by atoms with Crippen molar-refractivity contribution in [3.8, 4) is 11.5 Å². The quantitative estimate of drug-likeness (QED) is 0.611. The minimum absolute atomic E-state index is 0.196. The Morgan fingerprint density at radius 1 is 1.40 bits per heavy atom. The van der Waals surface area contributed by atoms with Gasteiger partial charge in [-0.05, 0) is 25.3 Å². The van der Waals surface area contributed by atoms with E-state index < -0.39 is 5.97 Å². The smallest absolute Gasteiger partial charge is 0.346 e. The van der Waals surface area contributed by atoms with Gasteiger partial charge in [-0.15, -0.1) is 11.8 Å². The Labute approximate surface area is 91.9 Å². The molecule has 2 N–H and O–H groups in total. The zero-order valence-electron chi connectivity index (χ0n) is 8.43. The van der Waals surface area contributed by atoms with Crippen molar-refractivity contribution in [1.29, 1.82) is 0 Å². The molecule has 0 aliphatic heterocycles. The van der Waals surface area contributed by atoms with Crippen molar-refractivity contribution < 1.29 is 19.7 Å². The van der Waals surface area contributed by atoms with Gasteiger partial charge in [-0.2, -0.15) is 0 Å². The Morgan fingerprint density at radius 3 is 2.40 bits per heavy atom. The van der Waals surface area contributed by atoms with E-state index in [4.69, 9.17) is 4.74 Å². The monoisotopic (exact) mass is 228 g/mol. The summed E-state index contributed by atoms with van der Waals surface area (Å²) in [7, 11) is 0. The molecular weight excluding hydrogens is 216 g/mol. The van der Waals surface area contributed by atoms with Crippen molar-refractivity contribution in [1.82, 2.24) is 0 Å². The van der Waals surface area contributed by atoms with E-state index >= 15 is 0 Å². The number of esters is 1. The molecule has 4 nitrogen and oxygen atoms in total. The van der Waals surface area contributed by atoms with Crippen molar-refractivity contribution >= 4 is 17.7 Å². The van der Waals surface area contributed by atoms with Crippen molar-refractivity contribution in [3.63, 3.8) is 0 Å². The highest BCUT2D eigenvalue weighted by Crippen LogP contribution is 2.27. The number of rotatable bonds is 3. The summed E-state index contributed by atoms with van der Waals surface area (Å²) in [4.78, 5) is 11.5. The van der Waals surface area contributed by atoms with Crippen LogP contribution in [0.25, 0.3) is 0 Å². The van der Waals surface area contributed by atoms with Crippen LogP contribution in [0.15, 0.2) is 18.2 Å². The van der Waals surface area contributed by atoms with E-state index in [0.717, 1.165) is 0 Å². The maximum Gasteiger partial charge on any atom is 0.346 e. The normalized spacial score (nSPS) is 12.1. The SMILES string of the molecule is CSC(C)OC(=O)c1c(O)cccc1O. The number of thioether (sulfide) groups is 1. The summed E-state index contributed by atoms with van der Waals surface area (Å²) in [5.74, 6) is -1.30. The molecule has 0 saturated heterocycles. The topological polar surface area (TPSA) is 66.8 Å². The first-order chi connectivity index (χ1) is 7.06. The molecule has 0 bridgehead atoms. The van der Waals surface area contributed by atoms with Crippen molar-refractivity contribution in [2.45, 2.75) is 12.4 Å². The summed E-state index contributed by atoms with van der Waals surface area (Å²) in [6.07, 6.45) is 1.79. The molecule has 0 radical (unpaired) electrons. The molecule has 1 rings (SSSR count). The van der Waals surface area contributed by atoms with Gasteiger partial charge in [0.25, 0.3) is 0 Å². The van der Waals surface area contributed by atoms with Gasteiger partial charge in [0.05, 0.1) is 0 Å². The molecule has 0 amide bonds. The summed E-state index contributed by atoms with van der Waals surface area (Å²) in [6, 6.07) is 4.08. The van der Waals surface area contributed by atoms with Gasteiger partial charge >= 0.3 is 5.97 Å². The van der Waals surface area contributed by atoms with Gasteiger partial charge in [-0.3, -0.25) is 0 Å². The van der Waals surface area contributed by atoms with E-state index in [1.54, 1.807) is 13.2 Å². The molecule has 0 aliphatic carbocycles. The van der Waals surface area contributed by atoms with Crippen LogP contribution in [-0.2, 0) is 4.74 Å². The highest BCUT2D eigenvalue weighted by molar-refractivity contribution is 7.99. The van der Waals surface area contributed by atoms with Gasteiger partial charge in [0.1, 0.15) is 22.5 Å². The van der Waals surface area contributed by atoms with Gasteiger partial charge in [0.2, 0.25) is 0 Å². The van der Waals surface area contributed by atoms with Crippen LogP contribution in [0.5, 0.6) is 11.5 Å². The average Bonchev–Trinajstić information content (AvgIpc) is 2.17. The first kappa shape index (κ1) is 11.7. The highest BCUT2D eigenvalue weighted by atomic mass is 32.2. The number of hydrogen-bond donors (Lipinski definition) is 2. The third-order valence-corrected chi connectivity index (χ3v) is 2.59. The largest absolute Gasteiger partial charge is 0.507 e. The van der Waals surface area contributed by atoms with Gasteiger partial charge < -0.3 is 14.9 Å². The summed E-state index contributed by atoms with van der Waals surface area (Å²) in [5, 5.41) is 18.8. The summed E-state index contributed by atoms with van der Waals surface area (Å²) < 4.78 is 4.95. The molecule has 15 heavy (non-hydrogen) atoms. The number of hydrogen-bond acceptors (Lipinski definition) is 5. The molecule has 0 saturated carbocycles. The number of phenolic OH excluding ortho intramolecular Hbond substituents is 2. The van der Waals surface area contributed by atoms with Crippen LogP contribution in [-0.4, -0.2) is 27.9 Å². The maximum atomic E-state index is 11.5. The van der Waals surface area contributed by atoms with Gasteiger partial charge in [0.15, 0.2) is 0 Å². The van der Waals surface area contributed by atoms with Crippen molar-refractivity contribution in [2.75, 3.05) is 6.26 Å². The fourth-order valence-electron chi connectivity index (χ4n) is 0.995. The van der Waals surface area contributed by atoms with E-state index in [9.17, 15) is 15.0 Å². The zero-order valence-corrected chi connectivity index (χ0v) is 9.25. The molecule has 1 atom stereocenters. The third-order valence-electron chi connectivity index (χ3n) is 1.83. The lowest BCUT2D eigenvalue weighted by Crippen LogP contribution is -2.11. The number of carbonyl (C=O) groups excluding carboxylic acids is 1. The van der Waals surface area contributed by atoms with Crippen molar-refractivity contribution in [3.05, 3.63) is 23.8 Å². The zero-order chi connectivity index (χ0) is 11.4. The van der Waals surface area contributed by atoms with Crippen LogP contribution in [0.4, 0.5) is 0 Å². The van der Waals surface area contributed by atoms with E-state index in [1.807, 2.05) is 0 Å². The summed E-state index contributed by atoms with van der Waals surface area (Å²) in [5.41, 5.74) is -0.519. The molecule has 1 aromatic rings. The summed E-state index contributed by atoms with van der Waals surface area (Å²) in [6.45, 7) is 1.71. The predicted octanol–water partition coefficient (Wildman–Crippen LogP) is 1.96. The molecule has 1 unspecified atom stereocenters. The lowest BCUT2D eigenvalue weighted by atomic mass is 10.2. The average molecular weight is 228 g/mol. The molecule has 82 valence electrons. The predicted molar refractivity (Wildman–Crippen MR) is 58.2 cm³/mol. The highest BCUT2D eigenvalue weighted by Gasteiger charge is 2.19. The van der Waals surface area contributed by atoms with Gasteiger partial charge in [-0.25, -0.2) is 4.79 Å². The van der Waals surface area contributed by atoms with Crippen LogP contribution < -0.4 is 0 Å². The van der Waals surface area contributed by atoms with Crippen LogP contribution in [0.3, 0.4) is 0 Å². The maximum absolute atomic E-state index is 11.5. The van der Waals surface area contributed by atoms with E-state index in [1.165, 1.54) is 30.0 Å². The molecule has 0 fully saturated rings. The number of phenols is 2. The Hall–Kier alpha value is -1.36. The Kier molecular flexibility index (Phi) is 3.85. The van der Waals surface area contributed by atoms with Crippen molar-refractivity contribution in [2.24, 2.45) is 0 Å². The molecular formula is C10H12O4S. The number of benzene rings is 1. The van der Waals surface area contributed by atoms with E-state index in [2.05, 4.69) is 0 Å². The molecule has 0 heterocycles. The molecule has 5 heteroatoms. The first-order valence-corrected chi connectivity index (χ1v) is 5.59. The number of carbonyl (C=O) groups is 1. The second-order valence-electron chi connectivity index (χ2n) is 2.88. The third kappa shape index (κ3) is 2.79. The van der Waals surface area contributed by atoms with Crippen LogP contribution in [0.1, 0.15) is 17.3 Å².